The molecule has 0 amide bonds. The highest BCUT2D eigenvalue weighted by atomic mass is 16.3. The predicted octanol–water partition coefficient (Wildman–Crippen LogP) is 0.502. The van der Waals surface area contributed by atoms with Gasteiger partial charge in [-0.15, -0.1) is 0 Å². The van der Waals surface area contributed by atoms with Crippen molar-refractivity contribution in [2.45, 2.75) is 0 Å². The van der Waals surface area contributed by atoms with Crippen LogP contribution < -0.4 is 5.32 Å². The fourth-order valence-electron chi connectivity index (χ4n) is 2.07. The third-order valence-electron chi connectivity index (χ3n) is 2.97. The van der Waals surface area contributed by atoms with Crippen molar-refractivity contribution in [3.8, 4) is 6.07 Å². The standard InChI is InChI=1S/C14H15N3O2/c15-10-12(13(19)11-4-2-1-3-5-11)14-16-6-7-17(14)8-9-18/h1-5,16,18H,6-9H2/b14-12+. The molecule has 19 heavy (non-hydrogen) atoms. The third-order valence-corrected chi connectivity index (χ3v) is 2.97. The van der Waals surface area contributed by atoms with Crippen molar-refractivity contribution in [3.05, 3.63) is 47.3 Å². The first kappa shape index (κ1) is 13.1. The van der Waals surface area contributed by atoms with Gasteiger partial charge < -0.3 is 15.3 Å². The van der Waals surface area contributed by atoms with Gasteiger partial charge in [0.1, 0.15) is 17.5 Å². The molecule has 0 saturated carbocycles. The number of nitriles is 1. The van der Waals surface area contributed by atoms with Gasteiger partial charge in [-0.25, -0.2) is 0 Å². The van der Waals surface area contributed by atoms with E-state index in [9.17, 15) is 10.1 Å². The smallest absolute Gasteiger partial charge is 0.207 e. The molecule has 2 N–H and O–H groups in total. The molecule has 0 atom stereocenters. The van der Waals surface area contributed by atoms with Crippen LogP contribution in [0.3, 0.4) is 0 Å². The topological polar surface area (TPSA) is 76.4 Å². The lowest BCUT2D eigenvalue weighted by molar-refractivity contribution is 0.103. The average molecular weight is 257 g/mol. The molecule has 0 aliphatic carbocycles. The van der Waals surface area contributed by atoms with Crippen molar-refractivity contribution in [1.29, 1.82) is 5.26 Å². The summed E-state index contributed by atoms with van der Waals surface area (Å²) < 4.78 is 0. The largest absolute Gasteiger partial charge is 0.395 e. The molecule has 0 aromatic heterocycles. The van der Waals surface area contributed by atoms with Gasteiger partial charge >= 0.3 is 0 Å². The Morgan fingerprint density at radius 3 is 2.79 bits per heavy atom. The molecule has 0 radical (unpaired) electrons. The quantitative estimate of drug-likeness (QED) is 0.467. The van der Waals surface area contributed by atoms with Gasteiger partial charge in [0.05, 0.1) is 6.61 Å². The van der Waals surface area contributed by atoms with E-state index in [2.05, 4.69) is 5.32 Å². The van der Waals surface area contributed by atoms with E-state index in [1.54, 1.807) is 24.3 Å². The second-order valence-electron chi connectivity index (χ2n) is 4.17. The number of carbonyl (C=O) groups is 1. The highest BCUT2D eigenvalue weighted by molar-refractivity contribution is 6.11. The summed E-state index contributed by atoms with van der Waals surface area (Å²) in [6.07, 6.45) is 0. The van der Waals surface area contributed by atoms with E-state index in [0.717, 1.165) is 0 Å². The second-order valence-corrected chi connectivity index (χ2v) is 4.17. The van der Waals surface area contributed by atoms with Crippen LogP contribution in [0.25, 0.3) is 0 Å². The zero-order valence-electron chi connectivity index (χ0n) is 10.5. The number of Topliss-reactive ketones (excluding diaryl/α,β-unsaturated/α-hetero) is 1. The van der Waals surface area contributed by atoms with E-state index in [1.165, 1.54) is 0 Å². The first-order chi connectivity index (χ1) is 9.27. The summed E-state index contributed by atoms with van der Waals surface area (Å²) in [6, 6.07) is 10.7. The van der Waals surface area contributed by atoms with Crippen molar-refractivity contribution in [2.24, 2.45) is 0 Å². The summed E-state index contributed by atoms with van der Waals surface area (Å²) in [4.78, 5) is 14.1. The van der Waals surface area contributed by atoms with Gasteiger partial charge in [-0.3, -0.25) is 4.79 Å². The molecule has 1 aromatic rings. The van der Waals surface area contributed by atoms with E-state index < -0.39 is 0 Å². The van der Waals surface area contributed by atoms with E-state index >= 15 is 0 Å². The molecular formula is C14H15N3O2. The van der Waals surface area contributed by atoms with Crippen molar-refractivity contribution < 1.29 is 9.90 Å². The number of benzene rings is 1. The molecule has 1 aromatic carbocycles. The minimum Gasteiger partial charge on any atom is -0.395 e. The van der Waals surface area contributed by atoms with Gasteiger partial charge in [0.2, 0.25) is 5.78 Å². The van der Waals surface area contributed by atoms with Crippen molar-refractivity contribution in [2.75, 3.05) is 26.2 Å². The Balaban J connectivity index is 2.34. The fourth-order valence-corrected chi connectivity index (χ4v) is 2.07. The van der Waals surface area contributed by atoms with Crippen LogP contribution in [0, 0.1) is 11.3 Å². The molecule has 0 unspecified atom stereocenters. The fraction of sp³-hybridized carbons (Fsp3) is 0.286. The van der Waals surface area contributed by atoms with Gasteiger partial charge in [-0.2, -0.15) is 5.26 Å². The van der Waals surface area contributed by atoms with Crippen LogP contribution in [-0.4, -0.2) is 42.0 Å². The van der Waals surface area contributed by atoms with Gasteiger partial charge in [-0.1, -0.05) is 30.3 Å². The molecule has 5 heteroatoms. The predicted molar refractivity (Wildman–Crippen MR) is 70.1 cm³/mol. The van der Waals surface area contributed by atoms with E-state index in [4.69, 9.17) is 5.11 Å². The Labute approximate surface area is 111 Å². The lowest BCUT2D eigenvalue weighted by Gasteiger charge is -2.18. The first-order valence-electron chi connectivity index (χ1n) is 6.11. The summed E-state index contributed by atoms with van der Waals surface area (Å²) in [6.45, 7) is 1.75. The number of aliphatic hydroxyl groups excluding tert-OH is 1. The summed E-state index contributed by atoms with van der Waals surface area (Å²) in [5.41, 5.74) is 0.585. The van der Waals surface area contributed by atoms with Gasteiger partial charge in [0, 0.05) is 25.2 Å². The maximum absolute atomic E-state index is 12.3. The van der Waals surface area contributed by atoms with Crippen LogP contribution in [0.2, 0.25) is 0 Å². The number of β-amino-alcohol motifs (C(OH)–C–C–N with tert-alkyl or cyclic N) is 1. The molecule has 1 heterocycles. The zero-order chi connectivity index (χ0) is 13.7. The number of hydrogen-bond donors (Lipinski definition) is 2. The molecule has 1 aliphatic heterocycles. The summed E-state index contributed by atoms with van der Waals surface area (Å²) in [5.74, 6) is 0.223. The highest BCUT2D eigenvalue weighted by Gasteiger charge is 2.24. The van der Waals surface area contributed by atoms with E-state index in [0.29, 0.717) is 31.0 Å². The molecule has 0 spiro atoms. The lowest BCUT2D eigenvalue weighted by Crippen LogP contribution is -2.26. The van der Waals surface area contributed by atoms with Crippen LogP contribution >= 0.6 is 0 Å². The molecule has 0 bridgehead atoms. The number of rotatable bonds is 4. The lowest BCUT2D eigenvalue weighted by atomic mass is 10.0. The molecule has 2 rings (SSSR count). The summed E-state index contributed by atoms with van der Waals surface area (Å²) >= 11 is 0. The van der Waals surface area contributed by atoms with E-state index in [-0.39, 0.29) is 18.0 Å². The third kappa shape index (κ3) is 2.75. The molecule has 5 nitrogen and oxygen atoms in total. The molecule has 1 aliphatic rings. The minimum absolute atomic E-state index is 0.0105. The second kappa shape index (κ2) is 6.03. The summed E-state index contributed by atoms with van der Waals surface area (Å²) in [5, 5.41) is 21.3. The highest BCUT2D eigenvalue weighted by Crippen LogP contribution is 2.16. The Hall–Kier alpha value is -2.32. The maximum atomic E-state index is 12.3. The SMILES string of the molecule is N#C/C(C(=O)c1ccccc1)=C1/NCCN1CCO. The molecule has 1 fully saturated rings. The minimum atomic E-state index is -0.296. The number of allylic oxidation sites excluding steroid dienone is 1. The Morgan fingerprint density at radius 1 is 1.42 bits per heavy atom. The molecule has 98 valence electrons. The van der Waals surface area contributed by atoms with Crippen LogP contribution in [0.4, 0.5) is 0 Å². The number of ketones is 1. The Bertz CT molecular complexity index is 531. The van der Waals surface area contributed by atoms with Gasteiger partial charge in [0.15, 0.2) is 0 Å². The van der Waals surface area contributed by atoms with Crippen molar-refractivity contribution >= 4 is 5.78 Å². The average Bonchev–Trinajstić information content (AvgIpc) is 2.89. The maximum Gasteiger partial charge on any atom is 0.207 e. The number of hydrogen-bond acceptors (Lipinski definition) is 5. The number of carbonyl (C=O) groups excluding carboxylic acids is 1. The van der Waals surface area contributed by atoms with Crippen LogP contribution in [0.15, 0.2) is 41.7 Å². The first-order valence-corrected chi connectivity index (χ1v) is 6.11. The molecular weight excluding hydrogens is 242 g/mol. The van der Waals surface area contributed by atoms with Crippen LogP contribution in [-0.2, 0) is 0 Å². The van der Waals surface area contributed by atoms with Crippen LogP contribution in [0.5, 0.6) is 0 Å². The van der Waals surface area contributed by atoms with Gasteiger partial charge in [-0.05, 0) is 0 Å². The monoisotopic (exact) mass is 257 g/mol. The van der Waals surface area contributed by atoms with Crippen molar-refractivity contribution in [3.63, 3.8) is 0 Å². The molecule has 1 saturated heterocycles. The van der Waals surface area contributed by atoms with E-state index in [1.807, 2.05) is 17.0 Å². The number of nitrogens with one attached hydrogen (secondary N) is 1. The number of nitrogens with zero attached hydrogens (tertiary/aromatic N) is 2. The Kier molecular flexibility index (Phi) is 4.16. The van der Waals surface area contributed by atoms with Crippen molar-refractivity contribution in [1.82, 2.24) is 10.2 Å². The van der Waals surface area contributed by atoms with Crippen LogP contribution in [0.1, 0.15) is 10.4 Å². The zero-order valence-corrected chi connectivity index (χ0v) is 10.5. The Morgan fingerprint density at radius 2 is 2.16 bits per heavy atom. The normalized spacial score (nSPS) is 16.7. The summed E-state index contributed by atoms with van der Waals surface area (Å²) in [7, 11) is 0. The number of aliphatic hydroxyl groups is 1. The van der Waals surface area contributed by atoms with Gasteiger partial charge in [0.25, 0.3) is 0 Å².